The van der Waals surface area contributed by atoms with Gasteiger partial charge in [0, 0.05) is 6.20 Å². The fraction of sp³-hybridized carbons (Fsp3) is 0.300. The topological polar surface area (TPSA) is 32.6 Å². The van der Waals surface area contributed by atoms with Crippen LogP contribution in [-0.4, -0.2) is 18.4 Å². The summed E-state index contributed by atoms with van der Waals surface area (Å²) in [7, 11) is 0. The van der Waals surface area contributed by atoms with Gasteiger partial charge in [-0.05, 0) is 25.1 Å². The molecule has 0 aromatic carbocycles. The molecule has 66 valence electrons. The molecule has 0 spiro atoms. The van der Waals surface area contributed by atoms with Crippen molar-refractivity contribution in [3.63, 3.8) is 0 Å². The minimum absolute atomic E-state index is 0.0302. The smallest absolute Gasteiger partial charge is 0.0642 e. The van der Waals surface area contributed by atoms with Crippen molar-refractivity contribution in [2.75, 3.05) is 6.61 Å². The highest BCUT2D eigenvalue weighted by Crippen LogP contribution is 2.10. The number of aliphatic hydroxyl groups is 1. The van der Waals surface area contributed by atoms with Crippen LogP contribution in [0, 0.1) is 0 Å². The Morgan fingerprint density at radius 2 is 2.00 bits per heavy atom. The summed E-state index contributed by atoms with van der Waals surface area (Å²) in [5, 5.41) is 8.67. The summed E-state index contributed by atoms with van der Waals surface area (Å²) in [6.45, 7) is 10.8. The molecule has 0 fully saturated rings. The van der Waals surface area contributed by atoms with Crippen molar-refractivity contribution < 1.29 is 5.11 Å². The third-order valence-corrected chi connectivity index (χ3v) is 1.34. The van der Waals surface area contributed by atoms with Crippen molar-refractivity contribution in [1.29, 1.82) is 0 Å². The zero-order valence-electron chi connectivity index (χ0n) is 7.29. The zero-order valence-corrected chi connectivity index (χ0v) is 7.29. The summed E-state index contributed by atoms with van der Waals surface area (Å²) >= 11 is 0. The fourth-order valence-electron chi connectivity index (χ4n) is 0.776. The second kappa shape index (κ2) is 6.55. The lowest BCUT2D eigenvalue weighted by atomic mass is 10.1. The molecule has 0 saturated heterocycles. The second-order valence-corrected chi connectivity index (χ2v) is 2.61. The van der Waals surface area contributed by atoms with Crippen LogP contribution in [0.25, 0.3) is 0 Å². The van der Waals surface area contributed by atoms with E-state index in [4.69, 9.17) is 5.11 Å². The molecule has 0 heterocycles. The van der Waals surface area contributed by atoms with E-state index in [1.807, 2.05) is 6.08 Å². The van der Waals surface area contributed by atoms with Crippen LogP contribution in [0.5, 0.6) is 0 Å². The van der Waals surface area contributed by atoms with E-state index in [0.717, 1.165) is 17.6 Å². The Labute approximate surface area is 73.6 Å². The highest BCUT2D eigenvalue weighted by atomic mass is 16.3. The van der Waals surface area contributed by atoms with E-state index in [2.05, 4.69) is 24.9 Å². The molecular weight excluding hydrogens is 150 g/mol. The van der Waals surface area contributed by atoms with Crippen LogP contribution in [0.15, 0.2) is 41.6 Å². The maximum absolute atomic E-state index is 8.67. The first-order valence-corrected chi connectivity index (χ1v) is 3.75. The van der Waals surface area contributed by atoms with Crippen LogP contribution in [0.4, 0.5) is 0 Å². The van der Waals surface area contributed by atoms with Gasteiger partial charge in [0.05, 0.1) is 6.61 Å². The highest BCUT2D eigenvalue weighted by Gasteiger charge is 1.94. The number of aliphatic imine (C=N–C) groups is 1. The van der Waals surface area contributed by atoms with Crippen LogP contribution in [0.1, 0.15) is 12.8 Å². The fourth-order valence-corrected chi connectivity index (χ4v) is 0.776. The van der Waals surface area contributed by atoms with Gasteiger partial charge < -0.3 is 5.11 Å². The molecule has 0 radical (unpaired) electrons. The number of hydrogen-bond donors (Lipinski definition) is 1. The zero-order chi connectivity index (χ0) is 9.40. The molecular formula is C10H15NO. The number of nitrogens with zero attached hydrogens (tertiary/aromatic N) is 1. The van der Waals surface area contributed by atoms with Gasteiger partial charge in [0.25, 0.3) is 0 Å². The number of aliphatic hydroxyl groups excluding tert-OH is 1. The Morgan fingerprint density at radius 3 is 2.50 bits per heavy atom. The highest BCUT2D eigenvalue weighted by molar-refractivity contribution is 5.25. The van der Waals surface area contributed by atoms with Crippen LogP contribution in [0.2, 0.25) is 0 Å². The molecule has 0 aliphatic rings. The van der Waals surface area contributed by atoms with Crippen molar-refractivity contribution in [1.82, 2.24) is 0 Å². The second-order valence-electron chi connectivity index (χ2n) is 2.61. The summed E-state index contributed by atoms with van der Waals surface area (Å²) in [5.74, 6) is 0. The van der Waals surface area contributed by atoms with Crippen molar-refractivity contribution in [3.05, 3.63) is 36.6 Å². The summed E-state index contributed by atoms with van der Waals surface area (Å²) < 4.78 is 0. The van der Waals surface area contributed by atoms with Gasteiger partial charge in [-0.25, -0.2) is 0 Å². The predicted octanol–water partition coefficient (Wildman–Crippen LogP) is 2.09. The van der Waals surface area contributed by atoms with Gasteiger partial charge in [0.2, 0.25) is 0 Å². The SMILES string of the molecule is C=N/C=C\CC(=C)CC(=C)CO. The molecule has 0 bridgehead atoms. The predicted molar refractivity (Wildman–Crippen MR) is 53.3 cm³/mol. The summed E-state index contributed by atoms with van der Waals surface area (Å²) in [5.41, 5.74) is 1.81. The minimum Gasteiger partial charge on any atom is -0.392 e. The van der Waals surface area contributed by atoms with Gasteiger partial charge in [0.1, 0.15) is 0 Å². The Morgan fingerprint density at radius 1 is 1.33 bits per heavy atom. The normalized spacial score (nSPS) is 10.1. The van der Waals surface area contributed by atoms with Gasteiger partial charge in [-0.3, -0.25) is 4.99 Å². The van der Waals surface area contributed by atoms with Crippen LogP contribution >= 0.6 is 0 Å². The van der Waals surface area contributed by atoms with E-state index in [-0.39, 0.29) is 6.61 Å². The molecule has 0 unspecified atom stereocenters. The van der Waals surface area contributed by atoms with E-state index < -0.39 is 0 Å². The lowest BCUT2D eigenvalue weighted by Crippen LogP contribution is -1.89. The molecule has 0 aliphatic carbocycles. The van der Waals surface area contributed by atoms with Crippen molar-refractivity contribution in [2.45, 2.75) is 12.8 Å². The van der Waals surface area contributed by atoms with Gasteiger partial charge in [0.15, 0.2) is 0 Å². The summed E-state index contributed by atoms with van der Waals surface area (Å²) in [6, 6.07) is 0. The third-order valence-electron chi connectivity index (χ3n) is 1.34. The lowest BCUT2D eigenvalue weighted by molar-refractivity contribution is 0.329. The van der Waals surface area contributed by atoms with E-state index in [9.17, 15) is 0 Å². The monoisotopic (exact) mass is 165 g/mol. The Kier molecular flexibility index (Phi) is 5.93. The lowest BCUT2D eigenvalue weighted by Gasteiger charge is -2.02. The first kappa shape index (κ1) is 10.8. The largest absolute Gasteiger partial charge is 0.392 e. The first-order valence-electron chi connectivity index (χ1n) is 3.75. The molecule has 12 heavy (non-hydrogen) atoms. The molecule has 0 aromatic rings. The molecule has 0 rings (SSSR count). The average molecular weight is 165 g/mol. The van der Waals surface area contributed by atoms with Crippen molar-refractivity contribution in [3.8, 4) is 0 Å². The van der Waals surface area contributed by atoms with E-state index in [1.54, 1.807) is 6.20 Å². The number of allylic oxidation sites excluding steroid dienone is 2. The first-order chi connectivity index (χ1) is 5.70. The molecule has 1 N–H and O–H groups in total. The maximum Gasteiger partial charge on any atom is 0.0642 e. The maximum atomic E-state index is 8.67. The number of rotatable bonds is 6. The number of hydrogen-bond acceptors (Lipinski definition) is 2. The van der Waals surface area contributed by atoms with Crippen molar-refractivity contribution in [2.24, 2.45) is 4.99 Å². The Hall–Kier alpha value is -1.15. The van der Waals surface area contributed by atoms with Crippen LogP contribution < -0.4 is 0 Å². The molecule has 0 atom stereocenters. The summed E-state index contributed by atoms with van der Waals surface area (Å²) in [4.78, 5) is 3.56. The van der Waals surface area contributed by atoms with E-state index in [1.165, 1.54) is 0 Å². The molecule has 2 nitrogen and oxygen atoms in total. The van der Waals surface area contributed by atoms with E-state index >= 15 is 0 Å². The summed E-state index contributed by atoms with van der Waals surface area (Å²) in [6.07, 6.45) is 4.95. The van der Waals surface area contributed by atoms with Crippen LogP contribution in [0.3, 0.4) is 0 Å². The van der Waals surface area contributed by atoms with E-state index in [0.29, 0.717) is 6.42 Å². The van der Waals surface area contributed by atoms with Gasteiger partial charge in [-0.2, -0.15) is 0 Å². The standard InChI is InChI=1S/C10H15NO/c1-9(5-4-6-11-3)7-10(2)8-12/h4,6,12H,1-3,5,7-8H2/b6-4-. The quantitative estimate of drug-likeness (QED) is 0.474. The van der Waals surface area contributed by atoms with Crippen LogP contribution in [-0.2, 0) is 0 Å². The molecule has 2 heteroatoms. The Bertz CT molecular complexity index is 204. The molecule has 0 aromatic heterocycles. The van der Waals surface area contributed by atoms with Crippen molar-refractivity contribution >= 4 is 6.72 Å². The molecule has 0 saturated carbocycles. The minimum atomic E-state index is 0.0302. The van der Waals surface area contributed by atoms with Gasteiger partial charge in [-0.1, -0.05) is 24.8 Å². The van der Waals surface area contributed by atoms with Gasteiger partial charge in [-0.15, -0.1) is 0 Å². The Balaban J connectivity index is 3.67. The molecule has 0 aliphatic heterocycles. The molecule has 0 amide bonds. The average Bonchev–Trinajstić information content (AvgIpc) is 2.05. The van der Waals surface area contributed by atoms with Gasteiger partial charge >= 0.3 is 0 Å². The third kappa shape index (κ3) is 5.62.